The molecule has 0 unspecified atom stereocenters. The van der Waals surface area contributed by atoms with Crippen LogP contribution in [-0.4, -0.2) is 16.5 Å². The van der Waals surface area contributed by atoms with Gasteiger partial charge in [-0.1, -0.05) is 31.5 Å². The van der Waals surface area contributed by atoms with Gasteiger partial charge >= 0.3 is 0 Å². The highest BCUT2D eigenvalue weighted by Gasteiger charge is 2.10. The molecule has 1 N–H and O–H groups in total. The zero-order valence-electron chi connectivity index (χ0n) is 11.3. The number of fused-ring (bicyclic) bond motifs is 1. The first kappa shape index (κ1) is 13.9. The summed E-state index contributed by atoms with van der Waals surface area (Å²) in [7, 11) is 0. The van der Waals surface area contributed by atoms with Crippen LogP contribution in [0.5, 0.6) is 0 Å². The first-order valence-corrected chi connectivity index (χ1v) is 7.06. The second-order valence-corrected chi connectivity index (χ2v) is 5.10. The van der Waals surface area contributed by atoms with Crippen LogP contribution in [-0.2, 0) is 11.3 Å². The Morgan fingerprint density at radius 1 is 1.32 bits per heavy atom. The average molecular weight is 279 g/mol. The van der Waals surface area contributed by atoms with E-state index in [2.05, 4.69) is 19.2 Å². The van der Waals surface area contributed by atoms with Gasteiger partial charge in [0.15, 0.2) is 0 Å². The van der Waals surface area contributed by atoms with Crippen LogP contribution < -0.4 is 5.32 Å². The van der Waals surface area contributed by atoms with E-state index in [1.165, 1.54) is 0 Å². The number of carbonyl (C=O) groups is 1. The van der Waals surface area contributed by atoms with E-state index in [0.717, 1.165) is 28.8 Å². The summed E-state index contributed by atoms with van der Waals surface area (Å²) in [4.78, 5) is 12.0. The van der Waals surface area contributed by atoms with Crippen molar-refractivity contribution >= 4 is 28.4 Å². The fourth-order valence-corrected chi connectivity index (χ4v) is 2.48. The lowest BCUT2D eigenvalue weighted by atomic mass is 10.2. The normalized spacial score (nSPS) is 11.2. The maximum absolute atomic E-state index is 12.0. The van der Waals surface area contributed by atoms with Crippen molar-refractivity contribution in [1.82, 2.24) is 9.88 Å². The number of halogens is 1. The summed E-state index contributed by atoms with van der Waals surface area (Å²) in [5.41, 5.74) is 0.993. The molecule has 19 heavy (non-hydrogen) atoms. The van der Waals surface area contributed by atoms with Crippen LogP contribution in [0.2, 0.25) is 5.02 Å². The first-order valence-electron chi connectivity index (χ1n) is 6.68. The number of amides is 1. The molecule has 0 aliphatic carbocycles. The van der Waals surface area contributed by atoms with Gasteiger partial charge in [0.25, 0.3) is 0 Å². The van der Waals surface area contributed by atoms with Gasteiger partial charge in [0, 0.05) is 28.2 Å². The molecule has 102 valence electrons. The number of hydrogen-bond acceptors (Lipinski definition) is 1. The quantitative estimate of drug-likeness (QED) is 0.891. The predicted molar refractivity (Wildman–Crippen MR) is 79.5 cm³/mol. The molecule has 2 aromatic rings. The van der Waals surface area contributed by atoms with Crippen LogP contribution in [0.1, 0.15) is 26.7 Å². The summed E-state index contributed by atoms with van der Waals surface area (Å²) in [6.45, 7) is 4.50. The van der Waals surface area contributed by atoms with Gasteiger partial charge in [-0.05, 0) is 31.0 Å². The average Bonchev–Trinajstić information content (AvgIpc) is 2.81. The second kappa shape index (κ2) is 6.11. The van der Waals surface area contributed by atoms with Crippen molar-refractivity contribution in [3.63, 3.8) is 0 Å². The molecule has 0 bridgehead atoms. The first-order chi connectivity index (χ1) is 9.15. The summed E-state index contributed by atoms with van der Waals surface area (Å²) < 4.78 is 1.93. The SMILES string of the molecule is CCC(CC)NC(=O)Cn1ccc2c(Cl)cccc21. The summed E-state index contributed by atoms with van der Waals surface area (Å²) >= 11 is 6.12. The Morgan fingerprint density at radius 2 is 2.05 bits per heavy atom. The van der Waals surface area contributed by atoms with Crippen molar-refractivity contribution in [2.45, 2.75) is 39.3 Å². The number of benzene rings is 1. The van der Waals surface area contributed by atoms with E-state index in [4.69, 9.17) is 11.6 Å². The van der Waals surface area contributed by atoms with Crippen LogP contribution in [0.15, 0.2) is 30.5 Å². The molecule has 4 heteroatoms. The summed E-state index contributed by atoms with van der Waals surface area (Å²) in [6, 6.07) is 7.95. The fraction of sp³-hybridized carbons (Fsp3) is 0.400. The zero-order chi connectivity index (χ0) is 13.8. The Balaban J connectivity index is 2.13. The number of aromatic nitrogens is 1. The molecule has 0 aliphatic heterocycles. The number of rotatable bonds is 5. The lowest BCUT2D eigenvalue weighted by Crippen LogP contribution is -2.36. The zero-order valence-corrected chi connectivity index (χ0v) is 12.1. The molecule has 0 saturated carbocycles. The number of nitrogens with one attached hydrogen (secondary N) is 1. The molecule has 1 heterocycles. The highest BCUT2D eigenvalue weighted by molar-refractivity contribution is 6.35. The summed E-state index contributed by atoms with van der Waals surface area (Å²) in [5, 5.41) is 4.75. The number of hydrogen-bond donors (Lipinski definition) is 1. The molecule has 0 fully saturated rings. The third-order valence-corrected chi connectivity index (χ3v) is 3.75. The molecule has 0 aliphatic rings. The van der Waals surface area contributed by atoms with E-state index in [1.54, 1.807) is 0 Å². The van der Waals surface area contributed by atoms with Gasteiger partial charge in [0.2, 0.25) is 5.91 Å². The monoisotopic (exact) mass is 278 g/mol. The van der Waals surface area contributed by atoms with E-state index in [-0.39, 0.29) is 11.9 Å². The molecular formula is C15H19ClN2O. The third-order valence-electron chi connectivity index (χ3n) is 3.43. The van der Waals surface area contributed by atoms with E-state index in [1.807, 2.05) is 35.0 Å². The van der Waals surface area contributed by atoms with Crippen molar-refractivity contribution in [2.24, 2.45) is 0 Å². The third kappa shape index (κ3) is 3.10. The molecule has 2 rings (SSSR count). The van der Waals surface area contributed by atoms with Gasteiger partial charge in [-0.2, -0.15) is 0 Å². The molecule has 1 aromatic heterocycles. The van der Waals surface area contributed by atoms with E-state index < -0.39 is 0 Å². The van der Waals surface area contributed by atoms with Crippen molar-refractivity contribution in [2.75, 3.05) is 0 Å². The Kier molecular flexibility index (Phi) is 4.48. The maximum atomic E-state index is 12.0. The van der Waals surface area contributed by atoms with Gasteiger partial charge in [-0.15, -0.1) is 0 Å². The second-order valence-electron chi connectivity index (χ2n) is 4.70. The Hall–Kier alpha value is -1.48. The molecule has 1 amide bonds. The molecule has 0 spiro atoms. The minimum atomic E-state index is 0.0474. The van der Waals surface area contributed by atoms with Crippen LogP contribution in [0.3, 0.4) is 0 Å². The highest BCUT2D eigenvalue weighted by Crippen LogP contribution is 2.24. The molecule has 1 aromatic carbocycles. The molecule has 0 radical (unpaired) electrons. The fourth-order valence-electron chi connectivity index (χ4n) is 2.24. The van der Waals surface area contributed by atoms with E-state index in [0.29, 0.717) is 6.54 Å². The van der Waals surface area contributed by atoms with Crippen molar-refractivity contribution in [3.05, 3.63) is 35.5 Å². The minimum Gasteiger partial charge on any atom is -0.352 e. The minimum absolute atomic E-state index is 0.0474. The lowest BCUT2D eigenvalue weighted by Gasteiger charge is -2.15. The van der Waals surface area contributed by atoms with Gasteiger partial charge in [-0.25, -0.2) is 0 Å². The van der Waals surface area contributed by atoms with Crippen molar-refractivity contribution in [3.8, 4) is 0 Å². The topological polar surface area (TPSA) is 34.0 Å². The molecule has 0 atom stereocenters. The largest absolute Gasteiger partial charge is 0.352 e. The molecule has 3 nitrogen and oxygen atoms in total. The van der Waals surface area contributed by atoms with Gasteiger partial charge in [-0.3, -0.25) is 4.79 Å². The van der Waals surface area contributed by atoms with Gasteiger partial charge in [0.1, 0.15) is 6.54 Å². The number of carbonyl (C=O) groups excluding carboxylic acids is 1. The predicted octanol–water partition coefficient (Wildman–Crippen LogP) is 3.60. The summed E-state index contributed by atoms with van der Waals surface area (Å²) in [6.07, 6.45) is 3.82. The van der Waals surface area contributed by atoms with Crippen molar-refractivity contribution in [1.29, 1.82) is 0 Å². The summed E-state index contributed by atoms with van der Waals surface area (Å²) in [5.74, 6) is 0.0474. The van der Waals surface area contributed by atoms with Gasteiger partial charge < -0.3 is 9.88 Å². The van der Waals surface area contributed by atoms with E-state index >= 15 is 0 Å². The van der Waals surface area contributed by atoms with Crippen LogP contribution >= 0.6 is 11.6 Å². The van der Waals surface area contributed by atoms with Gasteiger partial charge in [0.05, 0.1) is 0 Å². The standard InChI is InChI=1S/C15H19ClN2O/c1-3-11(4-2)17-15(19)10-18-9-8-12-13(16)6-5-7-14(12)18/h5-9,11H,3-4,10H2,1-2H3,(H,17,19). The molecule has 0 saturated heterocycles. The Morgan fingerprint density at radius 3 is 2.74 bits per heavy atom. The Labute approximate surface area is 118 Å². The van der Waals surface area contributed by atoms with Crippen LogP contribution in [0.25, 0.3) is 10.9 Å². The smallest absolute Gasteiger partial charge is 0.240 e. The maximum Gasteiger partial charge on any atom is 0.240 e. The Bertz CT molecular complexity index is 573. The lowest BCUT2D eigenvalue weighted by molar-refractivity contribution is -0.122. The molecular weight excluding hydrogens is 260 g/mol. The van der Waals surface area contributed by atoms with Crippen molar-refractivity contribution < 1.29 is 4.79 Å². The number of nitrogens with zero attached hydrogens (tertiary/aromatic N) is 1. The van der Waals surface area contributed by atoms with Crippen LogP contribution in [0.4, 0.5) is 0 Å². The van der Waals surface area contributed by atoms with Crippen LogP contribution in [0, 0.1) is 0 Å². The highest BCUT2D eigenvalue weighted by atomic mass is 35.5. The van der Waals surface area contributed by atoms with E-state index in [9.17, 15) is 4.79 Å².